The summed E-state index contributed by atoms with van der Waals surface area (Å²) in [5, 5.41) is 5.92. The van der Waals surface area contributed by atoms with Crippen LogP contribution in [-0.2, 0) is 7.05 Å². The Hall–Kier alpha value is -1.43. The topological polar surface area (TPSA) is 69.9 Å². The first-order valence-electron chi connectivity index (χ1n) is 5.84. The summed E-state index contributed by atoms with van der Waals surface area (Å²) in [6, 6.07) is 0. The summed E-state index contributed by atoms with van der Waals surface area (Å²) in [7, 11) is 1.88. The summed E-state index contributed by atoms with van der Waals surface area (Å²) in [6.45, 7) is 7.98. The molecule has 0 aromatic carbocycles. The van der Waals surface area contributed by atoms with E-state index in [0.717, 1.165) is 22.2 Å². The average molecular weight is 266 g/mol. The number of oxazole rings is 1. The zero-order valence-corrected chi connectivity index (χ0v) is 12.1. The number of rotatable bonds is 3. The summed E-state index contributed by atoms with van der Waals surface area (Å²) < 4.78 is 7.34. The minimum Gasteiger partial charge on any atom is -0.436 e. The molecule has 2 heterocycles. The molecule has 2 aromatic rings. The summed E-state index contributed by atoms with van der Waals surface area (Å²) in [6.07, 6.45) is 0. The molecule has 0 aliphatic heterocycles. The number of nitrogens with zero attached hydrogens (tertiary/aromatic N) is 3. The van der Waals surface area contributed by atoms with E-state index >= 15 is 0 Å². The van der Waals surface area contributed by atoms with Gasteiger partial charge in [-0.25, -0.2) is 4.98 Å². The van der Waals surface area contributed by atoms with Crippen LogP contribution < -0.4 is 5.73 Å². The number of anilines is 1. The van der Waals surface area contributed by atoms with Crippen LogP contribution in [0.2, 0.25) is 0 Å². The fourth-order valence-corrected chi connectivity index (χ4v) is 2.56. The number of aryl methyl sites for hydroxylation is 3. The lowest BCUT2D eigenvalue weighted by Gasteiger charge is -2.01. The zero-order valence-electron chi connectivity index (χ0n) is 11.3. The maximum atomic E-state index is 6.12. The average Bonchev–Trinajstić information content (AvgIpc) is 2.73. The first kappa shape index (κ1) is 13.0. The molecule has 0 unspecified atom stereocenters. The van der Waals surface area contributed by atoms with Crippen LogP contribution in [0, 0.1) is 13.8 Å². The van der Waals surface area contributed by atoms with Crippen molar-refractivity contribution in [3.63, 3.8) is 0 Å². The van der Waals surface area contributed by atoms with Crippen LogP contribution >= 0.6 is 11.8 Å². The molecule has 0 aliphatic rings. The molecule has 0 aliphatic carbocycles. The van der Waals surface area contributed by atoms with Crippen molar-refractivity contribution in [2.45, 2.75) is 43.9 Å². The lowest BCUT2D eigenvalue weighted by atomic mass is 10.1. The predicted octanol–water partition coefficient (Wildman–Crippen LogP) is 2.88. The fraction of sp³-hybridized carbons (Fsp3) is 0.500. The molecule has 0 radical (unpaired) electrons. The number of nitrogen functional groups attached to an aromatic ring is 1. The molecular formula is C12H18N4OS. The Morgan fingerprint density at radius 2 is 2.00 bits per heavy atom. The van der Waals surface area contributed by atoms with Gasteiger partial charge in [-0.2, -0.15) is 5.10 Å². The highest BCUT2D eigenvalue weighted by Crippen LogP contribution is 2.35. The third kappa shape index (κ3) is 2.25. The van der Waals surface area contributed by atoms with E-state index in [4.69, 9.17) is 10.2 Å². The van der Waals surface area contributed by atoms with Crippen molar-refractivity contribution < 1.29 is 4.42 Å². The molecule has 0 fully saturated rings. The smallest absolute Gasteiger partial charge is 0.262 e. The highest BCUT2D eigenvalue weighted by atomic mass is 32.2. The Bertz CT molecular complexity index is 551. The number of hydrogen-bond donors (Lipinski definition) is 1. The van der Waals surface area contributed by atoms with Gasteiger partial charge in [-0.05, 0) is 31.5 Å². The van der Waals surface area contributed by atoms with Gasteiger partial charge in [-0.3, -0.25) is 4.68 Å². The Labute approximate surface area is 111 Å². The molecular weight excluding hydrogens is 248 g/mol. The molecule has 0 saturated carbocycles. The number of aromatic nitrogens is 3. The second-order valence-electron chi connectivity index (χ2n) is 4.61. The van der Waals surface area contributed by atoms with Crippen molar-refractivity contribution in [2.24, 2.45) is 7.05 Å². The molecule has 5 nitrogen and oxygen atoms in total. The minimum absolute atomic E-state index is 0.304. The molecule has 0 bridgehead atoms. The Morgan fingerprint density at radius 3 is 2.44 bits per heavy atom. The van der Waals surface area contributed by atoms with Crippen LogP contribution in [0.4, 0.5) is 5.69 Å². The van der Waals surface area contributed by atoms with E-state index in [1.165, 1.54) is 11.8 Å². The normalized spacial score (nSPS) is 11.4. The molecule has 2 N–H and O–H groups in total. The van der Waals surface area contributed by atoms with Gasteiger partial charge in [0.25, 0.3) is 5.22 Å². The van der Waals surface area contributed by atoms with E-state index in [0.29, 0.717) is 16.8 Å². The molecule has 18 heavy (non-hydrogen) atoms. The molecule has 0 atom stereocenters. The van der Waals surface area contributed by atoms with Crippen molar-refractivity contribution in [1.29, 1.82) is 0 Å². The van der Waals surface area contributed by atoms with Crippen molar-refractivity contribution in [2.75, 3.05) is 5.73 Å². The largest absolute Gasteiger partial charge is 0.436 e. The van der Waals surface area contributed by atoms with E-state index in [9.17, 15) is 0 Å². The van der Waals surface area contributed by atoms with Gasteiger partial charge in [-0.1, -0.05) is 13.8 Å². The molecule has 0 spiro atoms. The van der Waals surface area contributed by atoms with Crippen LogP contribution in [0.15, 0.2) is 14.7 Å². The number of nitrogens with two attached hydrogens (primary N) is 1. The zero-order chi connectivity index (χ0) is 13.4. The van der Waals surface area contributed by atoms with Crippen LogP contribution in [0.25, 0.3) is 0 Å². The maximum Gasteiger partial charge on any atom is 0.262 e. The monoisotopic (exact) mass is 266 g/mol. The quantitative estimate of drug-likeness (QED) is 0.925. The van der Waals surface area contributed by atoms with Crippen LogP contribution in [0.1, 0.15) is 36.9 Å². The van der Waals surface area contributed by atoms with Gasteiger partial charge in [0.05, 0.1) is 17.1 Å². The summed E-state index contributed by atoms with van der Waals surface area (Å²) in [5.41, 5.74) is 8.66. The van der Waals surface area contributed by atoms with Gasteiger partial charge in [0, 0.05) is 7.05 Å². The van der Waals surface area contributed by atoms with E-state index in [1.54, 1.807) is 4.68 Å². The van der Waals surface area contributed by atoms with Gasteiger partial charge in [-0.15, -0.1) is 0 Å². The molecule has 2 aromatic heterocycles. The third-order valence-electron chi connectivity index (χ3n) is 2.80. The lowest BCUT2D eigenvalue weighted by molar-refractivity contribution is 0.430. The molecule has 2 rings (SSSR count). The fourth-order valence-electron chi connectivity index (χ4n) is 1.66. The summed E-state index contributed by atoms with van der Waals surface area (Å²) in [4.78, 5) is 4.34. The van der Waals surface area contributed by atoms with Gasteiger partial charge in [0.1, 0.15) is 10.8 Å². The SMILES string of the molecule is Cc1nc(Sc2c(N)c(C(C)C)nn2C)oc1C. The third-order valence-corrected chi connectivity index (χ3v) is 3.82. The van der Waals surface area contributed by atoms with Gasteiger partial charge < -0.3 is 10.2 Å². The van der Waals surface area contributed by atoms with E-state index in [1.807, 2.05) is 20.9 Å². The Morgan fingerprint density at radius 1 is 1.33 bits per heavy atom. The molecule has 98 valence electrons. The molecule has 6 heteroatoms. The molecule has 0 amide bonds. The highest BCUT2D eigenvalue weighted by Gasteiger charge is 2.19. The van der Waals surface area contributed by atoms with Crippen molar-refractivity contribution >= 4 is 17.4 Å². The van der Waals surface area contributed by atoms with E-state index < -0.39 is 0 Å². The first-order chi connectivity index (χ1) is 8.40. The van der Waals surface area contributed by atoms with Crippen LogP contribution in [0.3, 0.4) is 0 Å². The molecule has 0 saturated heterocycles. The minimum atomic E-state index is 0.304. The first-order valence-corrected chi connectivity index (χ1v) is 6.66. The Balaban J connectivity index is 2.34. The maximum absolute atomic E-state index is 6.12. The van der Waals surface area contributed by atoms with Crippen LogP contribution in [0.5, 0.6) is 0 Å². The second-order valence-corrected chi connectivity index (χ2v) is 5.55. The van der Waals surface area contributed by atoms with E-state index in [2.05, 4.69) is 23.9 Å². The standard InChI is InChI=1S/C12H18N4OS/c1-6(2)10-9(13)11(16(5)15-10)18-12-14-7(3)8(4)17-12/h6H,13H2,1-5H3. The van der Waals surface area contributed by atoms with Gasteiger partial charge in [0.15, 0.2) is 0 Å². The predicted molar refractivity (Wildman–Crippen MR) is 71.8 cm³/mol. The van der Waals surface area contributed by atoms with Crippen molar-refractivity contribution in [3.05, 3.63) is 17.1 Å². The Kier molecular flexibility index (Phi) is 3.38. The van der Waals surface area contributed by atoms with Gasteiger partial charge in [0.2, 0.25) is 0 Å². The second kappa shape index (κ2) is 4.68. The van der Waals surface area contributed by atoms with Gasteiger partial charge >= 0.3 is 0 Å². The van der Waals surface area contributed by atoms with Crippen molar-refractivity contribution in [3.8, 4) is 0 Å². The van der Waals surface area contributed by atoms with Crippen LogP contribution in [-0.4, -0.2) is 14.8 Å². The summed E-state index contributed by atoms with van der Waals surface area (Å²) >= 11 is 1.41. The van der Waals surface area contributed by atoms with E-state index in [-0.39, 0.29) is 0 Å². The lowest BCUT2D eigenvalue weighted by Crippen LogP contribution is -1.94. The van der Waals surface area contributed by atoms with Crippen molar-refractivity contribution in [1.82, 2.24) is 14.8 Å². The summed E-state index contributed by atoms with van der Waals surface area (Å²) in [5.74, 6) is 1.14. The number of hydrogen-bond acceptors (Lipinski definition) is 5. The highest BCUT2D eigenvalue weighted by molar-refractivity contribution is 7.99.